The fourth-order valence-electron chi connectivity index (χ4n) is 1.55. The van der Waals surface area contributed by atoms with E-state index in [0.717, 1.165) is 5.56 Å². The van der Waals surface area contributed by atoms with Gasteiger partial charge in [-0.1, -0.05) is 12.1 Å². The summed E-state index contributed by atoms with van der Waals surface area (Å²) in [5.74, 6) is -0.985. The van der Waals surface area contributed by atoms with Crippen molar-refractivity contribution >= 4 is 11.7 Å². The maximum atomic E-state index is 12.7. The summed E-state index contributed by atoms with van der Waals surface area (Å²) in [6.07, 6.45) is 1.17. The van der Waals surface area contributed by atoms with E-state index in [0.29, 0.717) is 0 Å². The fraction of sp³-hybridized carbons (Fsp3) is 0.143. The summed E-state index contributed by atoms with van der Waals surface area (Å²) in [4.78, 5) is 30.6. The van der Waals surface area contributed by atoms with Crippen molar-refractivity contribution in [2.75, 3.05) is 0 Å². The van der Waals surface area contributed by atoms with E-state index in [-0.39, 0.29) is 29.5 Å². The van der Waals surface area contributed by atoms with Crippen molar-refractivity contribution in [3.63, 3.8) is 0 Å². The largest absolute Gasteiger partial charge is 0.347 e. The third-order valence-electron chi connectivity index (χ3n) is 2.63. The molecular formula is C14H12FN3O2. The lowest BCUT2D eigenvalue weighted by molar-refractivity contribution is 0.0945. The van der Waals surface area contributed by atoms with Crippen molar-refractivity contribution in [1.29, 1.82) is 0 Å². The van der Waals surface area contributed by atoms with Crippen LogP contribution in [0.4, 0.5) is 4.39 Å². The van der Waals surface area contributed by atoms with Gasteiger partial charge < -0.3 is 5.32 Å². The van der Waals surface area contributed by atoms with E-state index in [2.05, 4.69) is 15.3 Å². The lowest BCUT2D eigenvalue weighted by atomic mass is 10.2. The molecule has 20 heavy (non-hydrogen) atoms. The number of aromatic nitrogens is 2. The van der Waals surface area contributed by atoms with E-state index >= 15 is 0 Å². The zero-order valence-electron chi connectivity index (χ0n) is 10.8. The van der Waals surface area contributed by atoms with E-state index < -0.39 is 5.91 Å². The molecule has 6 heteroatoms. The highest BCUT2D eigenvalue weighted by Gasteiger charge is 2.10. The van der Waals surface area contributed by atoms with Gasteiger partial charge in [-0.15, -0.1) is 0 Å². The summed E-state index contributed by atoms with van der Waals surface area (Å²) in [6.45, 7) is 1.61. The number of carbonyl (C=O) groups excluding carboxylic acids is 2. The molecular weight excluding hydrogens is 261 g/mol. The Morgan fingerprint density at radius 3 is 2.45 bits per heavy atom. The van der Waals surface area contributed by atoms with Crippen LogP contribution in [0, 0.1) is 5.82 Å². The highest BCUT2D eigenvalue weighted by molar-refractivity contribution is 5.97. The molecule has 0 unspecified atom stereocenters. The molecule has 0 aliphatic rings. The Morgan fingerprint density at radius 2 is 1.80 bits per heavy atom. The van der Waals surface area contributed by atoms with Crippen LogP contribution in [0.25, 0.3) is 0 Å². The molecule has 1 heterocycles. The first kappa shape index (κ1) is 13.8. The van der Waals surface area contributed by atoms with Crippen molar-refractivity contribution in [3.05, 3.63) is 59.4 Å². The molecule has 1 aromatic heterocycles. The van der Waals surface area contributed by atoms with Gasteiger partial charge in [0.15, 0.2) is 5.78 Å². The zero-order chi connectivity index (χ0) is 14.5. The van der Waals surface area contributed by atoms with Crippen LogP contribution in [0.3, 0.4) is 0 Å². The molecule has 0 aliphatic carbocycles. The maximum Gasteiger partial charge on any atom is 0.270 e. The number of benzene rings is 1. The summed E-state index contributed by atoms with van der Waals surface area (Å²) in [6, 6.07) is 7.13. The van der Waals surface area contributed by atoms with Crippen molar-refractivity contribution in [1.82, 2.24) is 15.3 Å². The van der Waals surface area contributed by atoms with Gasteiger partial charge >= 0.3 is 0 Å². The highest BCUT2D eigenvalue weighted by Crippen LogP contribution is 2.03. The summed E-state index contributed by atoms with van der Waals surface area (Å²) in [5, 5.41) is 2.64. The Kier molecular flexibility index (Phi) is 4.14. The van der Waals surface area contributed by atoms with Crippen molar-refractivity contribution in [3.8, 4) is 0 Å². The number of hydrogen-bond donors (Lipinski definition) is 1. The van der Waals surface area contributed by atoms with Gasteiger partial charge in [0, 0.05) is 13.5 Å². The fourth-order valence-corrected chi connectivity index (χ4v) is 1.55. The molecule has 0 radical (unpaired) electrons. The Labute approximate surface area is 114 Å². The van der Waals surface area contributed by atoms with Crippen LogP contribution in [0.15, 0.2) is 36.7 Å². The molecule has 0 saturated heterocycles. The van der Waals surface area contributed by atoms with Gasteiger partial charge in [-0.2, -0.15) is 0 Å². The lowest BCUT2D eigenvalue weighted by Crippen LogP contribution is -2.24. The number of Topliss-reactive ketones (excluding diaryl/α,β-unsaturated/α-hetero) is 1. The minimum Gasteiger partial charge on any atom is -0.347 e. The first-order valence-electron chi connectivity index (χ1n) is 5.92. The topological polar surface area (TPSA) is 72.0 Å². The van der Waals surface area contributed by atoms with E-state index in [9.17, 15) is 14.0 Å². The Morgan fingerprint density at radius 1 is 1.15 bits per heavy atom. The molecule has 5 nitrogen and oxygen atoms in total. The molecule has 0 bridgehead atoms. The van der Waals surface area contributed by atoms with E-state index in [4.69, 9.17) is 0 Å². The standard InChI is InChI=1S/C14H12FN3O2/c1-9(19)12-6-13(18-8-17-12)14(20)16-7-10-2-4-11(15)5-3-10/h2-6,8H,7H2,1H3,(H,16,20). The van der Waals surface area contributed by atoms with Crippen LogP contribution in [0.1, 0.15) is 33.5 Å². The van der Waals surface area contributed by atoms with Gasteiger partial charge in [0.25, 0.3) is 5.91 Å². The second-order valence-corrected chi connectivity index (χ2v) is 4.15. The van der Waals surface area contributed by atoms with E-state index in [1.165, 1.54) is 31.5 Å². The number of carbonyl (C=O) groups is 2. The van der Waals surface area contributed by atoms with Crippen LogP contribution in [-0.4, -0.2) is 21.7 Å². The average Bonchev–Trinajstić information content (AvgIpc) is 2.46. The molecule has 102 valence electrons. The van der Waals surface area contributed by atoms with E-state index in [1.54, 1.807) is 12.1 Å². The zero-order valence-corrected chi connectivity index (χ0v) is 10.8. The summed E-state index contributed by atoms with van der Waals surface area (Å²) >= 11 is 0. The number of nitrogens with one attached hydrogen (secondary N) is 1. The monoisotopic (exact) mass is 273 g/mol. The first-order valence-corrected chi connectivity index (χ1v) is 5.92. The van der Waals surface area contributed by atoms with E-state index in [1.807, 2.05) is 0 Å². The molecule has 1 aromatic carbocycles. The minimum absolute atomic E-state index is 0.118. The smallest absolute Gasteiger partial charge is 0.270 e. The molecule has 0 atom stereocenters. The third-order valence-corrected chi connectivity index (χ3v) is 2.63. The third kappa shape index (κ3) is 3.44. The summed E-state index contributed by atoms with van der Waals surface area (Å²) < 4.78 is 12.7. The number of halogens is 1. The van der Waals surface area contributed by atoms with Crippen molar-refractivity contribution in [2.24, 2.45) is 0 Å². The van der Waals surface area contributed by atoms with Crippen molar-refractivity contribution in [2.45, 2.75) is 13.5 Å². The van der Waals surface area contributed by atoms with Gasteiger partial charge in [0.2, 0.25) is 0 Å². The number of hydrogen-bond acceptors (Lipinski definition) is 4. The average molecular weight is 273 g/mol. The first-order chi connectivity index (χ1) is 9.56. The summed E-state index contributed by atoms with van der Waals surface area (Å²) in [5.41, 5.74) is 1.07. The van der Waals surface area contributed by atoms with Gasteiger partial charge in [-0.25, -0.2) is 14.4 Å². The van der Waals surface area contributed by atoms with Gasteiger partial charge in [-0.05, 0) is 23.8 Å². The number of ketones is 1. The SMILES string of the molecule is CC(=O)c1cc(C(=O)NCc2ccc(F)cc2)ncn1. The molecule has 1 N–H and O–H groups in total. The van der Waals surface area contributed by atoms with Crippen LogP contribution in [0.2, 0.25) is 0 Å². The molecule has 0 spiro atoms. The second-order valence-electron chi connectivity index (χ2n) is 4.15. The van der Waals surface area contributed by atoms with Crippen LogP contribution in [-0.2, 0) is 6.54 Å². The highest BCUT2D eigenvalue weighted by atomic mass is 19.1. The molecule has 2 aromatic rings. The van der Waals surface area contributed by atoms with Gasteiger partial charge in [-0.3, -0.25) is 9.59 Å². The second kappa shape index (κ2) is 6.01. The predicted octanol–water partition coefficient (Wildman–Crippen LogP) is 1.75. The molecule has 0 saturated carbocycles. The Bertz CT molecular complexity index is 641. The maximum absolute atomic E-state index is 12.7. The minimum atomic E-state index is -0.417. The number of amides is 1. The van der Waals surface area contributed by atoms with Crippen LogP contribution in [0.5, 0.6) is 0 Å². The number of rotatable bonds is 4. The Balaban J connectivity index is 2.03. The van der Waals surface area contributed by atoms with Gasteiger partial charge in [0.05, 0.1) is 0 Å². The van der Waals surface area contributed by atoms with Crippen molar-refractivity contribution < 1.29 is 14.0 Å². The molecule has 0 fully saturated rings. The summed E-state index contributed by atoms with van der Waals surface area (Å²) in [7, 11) is 0. The molecule has 2 rings (SSSR count). The quantitative estimate of drug-likeness (QED) is 0.861. The normalized spacial score (nSPS) is 10.1. The lowest BCUT2D eigenvalue weighted by Gasteiger charge is -2.05. The predicted molar refractivity (Wildman–Crippen MR) is 69.6 cm³/mol. The van der Waals surface area contributed by atoms with Crippen LogP contribution < -0.4 is 5.32 Å². The van der Waals surface area contributed by atoms with Crippen LogP contribution >= 0.6 is 0 Å². The van der Waals surface area contributed by atoms with Gasteiger partial charge in [0.1, 0.15) is 23.5 Å². The molecule has 1 amide bonds. The molecule has 0 aliphatic heterocycles. The Hall–Kier alpha value is -2.63. The number of nitrogens with zero attached hydrogens (tertiary/aromatic N) is 2.